The van der Waals surface area contributed by atoms with Gasteiger partial charge >= 0.3 is 11.9 Å². The lowest BCUT2D eigenvalue weighted by Crippen LogP contribution is -2.36. The van der Waals surface area contributed by atoms with E-state index in [9.17, 15) is 19.5 Å². The molecule has 2 N–H and O–H groups in total. The Balaban J connectivity index is 1.66. The van der Waals surface area contributed by atoms with Crippen LogP contribution in [0.25, 0.3) is 11.1 Å². The highest BCUT2D eigenvalue weighted by atomic mass is 32.1. The summed E-state index contributed by atoms with van der Waals surface area (Å²) in [6, 6.07) is 9.42. The van der Waals surface area contributed by atoms with E-state index in [0.29, 0.717) is 22.5 Å². The van der Waals surface area contributed by atoms with Crippen LogP contribution in [0.15, 0.2) is 47.9 Å². The van der Waals surface area contributed by atoms with Gasteiger partial charge < -0.3 is 15.2 Å². The number of hydrogen-bond donors (Lipinski definition) is 2. The fraction of sp³-hybridized carbons (Fsp3) is 0.348. The molecule has 156 valence electrons. The van der Waals surface area contributed by atoms with Crippen LogP contribution < -0.4 is 5.32 Å². The van der Waals surface area contributed by atoms with Gasteiger partial charge in [0.15, 0.2) is 0 Å². The summed E-state index contributed by atoms with van der Waals surface area (Å²) in [4.78, 5) is 37.7. The van der Waals surface area contributed by atoms with Crippen molar-refractivity contribution in [1.29, 1.82) is 0 Å². The van der Waals surface area contributed by atoms with E-state index in [2.05, 4.69) is 5.32 Å². The Kier molecular flexibility index (Phi) is 5.47. The summed E-state index contributed by atoms with van der Waals surface area (Å²) < 4.78 is 5.42. The molecule has 0 spiro atoms. The number of benzene rings is 1. The van der Waals surface area contributed by atoms with Crippen LogP contribution in [0, 0.1) is 23.7 Å². The second kappa shape index (κ2) is 8.07. The molecule has 2 bridgehead atoms. The maximum atomic E-state index is 13.1. The molecule has 2 aromatic rings. The normalized spacial score (nSPS) is 24.2. The number of hydrogen-bond acceptors (Lipinski definition) is 5. The number of carbonyl (C=O) groups excluding carboxylic acids is 2. The van der Waals surface area contributed by atoms with Crippen molar-refractivity contribution in [2.75, 3.05) is 5.32 Å². The number of amides is 1. The lowest BCUT2D eigenvalue weighted by molar-refractivity contribution is -0.146. The van der Waals surface area contributed by atoms with Crippen LogP contribution in [0.1, 0.15) is 30.6 Å². The fourth-order valence-electron chi connectivity index (χ4n) is 4.47. The number of anilines is 1. The van der Waals surface area contributed by atoms with Crippen LogP contribution >= 0.6 is 11.3 Å². The zero-order chi connectivity index (χ0) is 21.4. The summed E-state index contributed by atoms with van der Waals surface area (Å²) in [7, 11) is 0. The van der Waals surface area contributed by atoms with Gasteiger partial charge in [-0.2, -0.15) is 0 Å². The Morgan fingerprint density at radius 1 is 1.10 bits per heavy atom. The number of thiophene rings is 1. The third-order valence-corrected chi connectivity index (χ3v) is 6.60. The third kappa shape index (κ3) is 3.65. The van der Waals surface area contributed by atoms with Crippen LogP contribution in [0.5, 0.6) is 0 Å². The molecule has 7 heteroatoms. The zero-order valence-corrected chi connectivity index (χ0v) is 17.5. The van der Waals surface area contributed by atoms with Crippen LogP contribution in [-0.4, -0.2) is 29.1 Å². The highest BCUT2D eigenvalue weighted by Crippen LogP contribution is 2.49. The number of carboxylic acids is 1. The maximum Gasteiger partial charge on any atom is 0.342 e. The van der Waals surface area contributed by atoms with Crippen molar-refractivity contribution in [3.63, 3.8) is 0 Å². The number of esters is 1. The Labute approximate surface area is 178 Å². The molecule has 0 radical (unpaired) electrons. The molecule has 6 nitrogen and oxygen atoms in total. The first kappa shape index (κ1) is 20.3. The average molecular weight is 426 g/mol. The van der Waals surface area contributed by atoms with Crippen LogP contribution in [0.3, 0.4) is 0 Å². The molecule has 0 unspecified atom stereocenters. The van der Waals surface area contributed by atoms with Crippen molar-refractivity contribution >= 4 is 34.2 Å². The van der Waals surface area contributed by atoms with Gasteiger partial charge in [-0.05, 0) is 37.7 Å². The summed E-state index contributed by atoms with van der Waals surface area (Å²) in [5.74, 6) is -3.41. The number of carbonyl (C=O) groups is 3. The molecule has 1 heterocycles. The van der Waals surface area contributed by atoms with Crippen molar-refractivity contribution in [1.82, 2.24) is 0 Å². The molecule has 1 fully saturated rings. The van der Waals surface area contributed by atoms with E-state index in [4.69, 9.17) is 4.74 Å². The lowest BCUT2D eigenvalue weighted by atomic mass is 9.82. The Morgan fingerprint density at radius 2 is 1.77 bits per heavy atom. The number of aliphatic carboxylic acids is 1. The van der Waals surface area contributed by atoms with Gasteiger partial charge in [0.05, 0.1) is 17.9 Å². The van der Waals surface area contributed by atoms with E-state index in [1.54, 1.807) is 13.8 Å². The molecular formula is C23H23NO5S. The van der Waals surface area contributed by atoms with Crippen molar-refractivity contribution in [2.45, 2.75) is 26.4 Å². The van der Waals surface area contributed by atoms with E-state index < -0.39 is 23.8 Å². The summed E-state index contributed by atoms with van der Waals surface area (Å²) >= 11 is 1.24. The minimum absolute atomic E-state index is 0.0873. The van der Waals surface area contributed by atoms with Crippen molar-refractivity contribution in [3.8, 4) is 11.1 Å². The molecular weight excluding hydrogens is 402 g/mol. The van der Waals surface area contributed by atoms with Gasteiger partial charge in [-0.15, -0.1) is 11.3 Å². The number of ether oxygens (including phenoxy) is 1. The first-order valence-electron chi connectivity index (χ1n) is 9.96. The molecule has 30 heavy (non-hydrogen) atoms. The number of allylic oxidation sites excluding steroid dienone is 2. The average Bonchev–Trinajstić information content (AvgIpc) is 3.42. The van der Waals surface area contributed by atoms with Gasteiger partial charge in [-0.25, -0.2) is 4.79 Å². The molecule has 0 saturated heterocycles. The first-order chi connectivity index (χ1) is 14.4. The number of fused-ring (bicyclic) bond motifs is 2. The lowest BCUT2D eigenvalue weighted by Gasteiger charge is -2.23. The topological polar surface area (TPSA) is 92.7 Å². The van der Waals surface area contributed by atoms with Gasteiger partial charge in [0.1, 0.15) is 10.6 Å². The van der Waals surface area contributed by atoms with E-state index in [-0.39, 0.29) is 23.8 Å². The smallest absolute Gasteiger partial charge is 0.342 e. The molecule has 1 saturated carbocycles. The van der Waals surface area contributed by atoms with Crippen molar-refractivity contribution in [2.24, 2.45) is 23.7 Å². The van der Waals surface area contributed by atoms with E-state index in [1.807, 2.05) is 47.9 Å². The maximum absolute atomic E-state index is 13.1. The number of carboxylic acid groups (broad SMARTS) is 1. The zero-order valence-electron chi connectivity index (χ0n) is 16.7. The fourth-order valence-corrected chi connectivity index (χ4v) is 5.43. The van der Waals surface area contributed by atoms with Crippen LogP contribution in [-0.2, 0) is 14.3 Å². The van der Waals surface area contributed by atoms with E-state index in [0.717, 1.165) is 5.56 Å². The molecule has 2 aliphatic carbocycles. The summed E-state index contributed by atoms with van der Waals surface area (Å²) in [5.41, 5.74) is 1.83. The minimum Gasteiger partial charge on any atom is -0.481 e. The SMILES string of the molecule is CC(C)OC(=O)c1c(-c2ccccc2)csc1NC(=O)[C@H]1[C@H](C(=O)O)[C@H]2C=C[C@H]1C2. The molecule has 1 aromatic carbocycles. The van der Waals surface area contributed by atoms with Gasteiger partial charge in [0, 0.05) is 10.9 Å². The number of nitrogens with one attached hydrogen (secondary N) is 1. The van der Waals surface area contributed by atoms with E-state index in [1.165, 1.54) is 11.3 Å². The predicted octanol–water partition coefficient (Wildman–Crippen LogP) is 4.44. The molecule has 4 rings (SSSR count). The second-order valence-electron chi connectivity index (χ2n) is 8.00. The highest BCUT2D eigenvalue weighted by Gasteiger charge is 2.51. The van der Waals surface area contributed by atoms with Crippen molar-refractivity contribution < 1.29 is 24.2 Å². The Morgan fingerprint density at radius 3 is 2.40 bits per heavy atom. The van der Waals surface area contributed by atoms with Crippen LogP contribution in [0.2, 0.25) is 0 Å². The molecule has 0 aliphatic heterocycles. The standard InChI is InChI=1S/C23H23NO5S/c1-12(2)29-23(28)19-16(13-6-4-3-5-7-13)11-30-21(19)24-20(25)17-14-8-9-15(10-14)18(17)22(26)27/h3-9,11-12,14-15,17-18H,10H2,1-2H3,(H,24,25)(H,26,27)/t14-,15-,17+,18+/m0/s1. The van der Waals surface area contributed by atoms with Gasteiger partial charge in [0.2, 0.25) is 5.91 Å². The number of rotatable bonds is 6. The van der Waals surface area contributed by atoms with Crippen molar-refractivity contribution in [3.05, 3.63) is 53.4 Å². The van der Waals surface area contributed by atoms with Gasteiger partial charge in [-0.1, -0.05) is 42.5 Å². The largest absolute Gasteiger partial charge is 0.481 e. The monoisotopic (exact) mass is 425 g/mol. The summed E-state index contributed by atoms with van der Waals surface area (Å²) in [5, 5.41) is 14.7. The van der Waals surface area contributed by atoms with Gasteiger partial charge in [-0.3, -0.25) is 9.59 Å². The molecule has 1 aromatic heterocycles. The van der Waals surface area contributed by atoms with Gasteiger partial charge in [0.25, 0.3) is 0 Å². The Hall–Kier alpha value is -2.93. The Bertz CT molecular complexity index is 1010. The predicted molar refractivity (Wildman–Crippen MR) is 114 cm³/mol. The third-order valence-electron chi connectivity index (χ3n) is 5.71. The van der Waals surface area contributed by atoms with E-state index >= 15 is 0 Å². The first-order valence-corrected chi connectivity index (χ1v) is 10.8. The van der Waals surface area contributed by atoms with Crippen LogP contribution in [0.4, 0.5) is 5.00 Å². The molecule has 4 atom stereocenters. The minimum atomic E-state index is -0.956. The molecule has 1 amide bonds. The quantitative estimate of drug-likeness (QED) is 0.527. The highest BCUT2D eigenvalue weighted by molar-refractivity contribution is 7.15. The summed E-state index contributed by atoms with van der Waals surface area (Å²) in [6.07, 6.45) is 4.21. The summed E-state index contributed by atoms with van der Waals surface area (Å²) in [6.45, 7) is 3.54. The molecule has 2 aliphatic rings. The second-order valence-corrected chi connectivity index (χ2v) is 8.88.